The lowest BCUT2D eigenvalue weighted by Crippen LogP contribution is -2.37. The standard InChI is InChI=1S/C14H17ClN2O5/c1-14(2,3)22-13(19)16(4)12(8-18)9-5-6-11(17(20)21)10(15)7-9/h5-8,12H,1-4H3. The quantitative estimate of drug-likeness (QED) is 0.480. The third-order valence-electron chi connectivity index (χ3n) is 2.74. The molecular formula is C14H17ClN2O5. The summed E-state index contributed by atoms with van der Waals surface area (Å²) in [7, 11) is 1.41. The summed E-state index contributed by atoms with van der Waals surface area (Å²) in [5.41, 5.74) is -0.611. The van der Waals surface area contributed by atoms with Crippen LogP contribution in [0.2, 0.25) is 5.02 Å². The average molecular weight is 329 g/mol. The Kier molecular flexibility index (Phi) is 5.48. The number of nitro benzene ring substituents is 1. The smallest absolute Gasteiger partial charge is 0.410 e. The van der Waals surface area contributed by atoms with Gasteiger partial charge in [0.1, 0.15) is 23.0 Å². The number of likely N-dealkylation sites (N-methyl/N-ethyl adjacent to an activating group) is 1. The van der Waals surface area contributed by atoms with Crippen LogP contribution in [0.1, 0.15) is 32.4 Å². The van der Waals surface area contributed by atoms with Gasteiger partial charge in [0.05, 0.1) is 4.92 Å². The maximum Gasteiger partial charge on any atom is 0.410 e. The molecule has 7 nitrogen and oxygen atoms in total. The zero-order chi connectivity index (χ0) is 17.1. The minimum Gasteiger partial charge on any atom is -0.444 e. The topological polar surface area (TPSA) is 89.8 Å². The Balaban J connectivity index is 3.06. The van der Waals surface area contributed by atoms with Crippen LogP contribution in [-0.4, -0.2) is 34.9 Å². The maximum atomic E-state index is 12.0. The van der Waals surface area contributed by atoms with Gasteiger partial charge in [-0.25, -0.2) is 4.79 Å². The molecule has 0 aliphatic heterocycles. The van der Waals surface area contributed by atoms with E-state index < -0.39 is 22.7 Å². The lowest BCUT2D eigenvalue weighted by molar-refractivity contribution is -0.384. The predicted octanol–water partition coefficient (Wildman–Crippen LogP) is 3.36. The van der Waals surface area contributed by atoms with Crippen LogP contribution in [0.25, 0.3) is 0 Å². The van der Waals surface area contributed by atoms with E-state index in [1.54, 1.807) is 20.8 Å². The van der Waals surface area contributed by atoms with E-state index in [4.69, 9.17) is 16.3 Å². The van der Waals surface area contributed by atoms with Crippen molar-refractivity contribution in [3.8, 4) is 0 Å². The number of aldehydes is 1. The molecule has 0 fully saturated rings. The van der Waals surface area contributed by atoms with E-state index in [0.29, 0.717) is 11.8 Å². The number of benzene rings is 1. The summed E-state index contributed by atoms with van der Waals surface area (Å²) < 4.78 is 5.18. The summed E-state index contributed by atoms with van der Waals surface area (Å²) in [5, 5.41) is 10.6. The zero-order valence-electron chi connectivity index (χ0n) is 12.7. The van der Waals surface area contributed by atoms with Gasteiger partial charge in [-0.05, 0) is 38.5 Å². The zero-order valence-corrected chi connectivity index (χ0v) is 13.5. The van der Waals surface area contributed by atoms with Gasteiger partial charge in [-0.15, -0.1) is 0 Å². The molecule has 22 heavy (non-hydrogen) atoms. The fraction of sp³-hybridized carbons (Fsp3) is 0.429. The van der Waals surface area contributed by atoms with Crippen LogP contribution in [0.4, 0.5) is 10.5 Å². The van der Waals surface area contributed by atoms with E-state index in [9.17, 15) is 19.7 Å². The molecule has 0 aromatic heterocycles. The number of hydrogen-bond donors (Lipinski definition) is 0. The first-order valence-electron chi connectivity index (χ1n) is 6.41. The number of nitrogens with zero attached hydrogens (tertiary/aromatic N) is 2. The number of carbonyl (C=O) groups excluding carboxylic acids is 2. The largest absolute Gasteiger partial charge is 0.444 e. The molecule has 0 radical (unpaired) electrons. The number of rotatable bonds is 4. The molecular weight excluding hydrogens is 312 g/mol. The third-order valence-corrected chi connectivity index (χ3v) is 3.04. The molecule has 1 amide bonds. The summed E-state index contributed by atoms with van der Waals surface area (Å²) in [6.45, 7) is 5.12. The minimum atomic E-state index is -0.951. The molecule has 0 heterocycles. The highest BCUT2D eigenvalue weighted by Crippen LogP contribution is 2.29. The number of ether oxygens (including phenoxy) is 1. The summed E-state index contributed by atoms with van der Waals surface area (Å²) in [6.07, 6.45) is -0.138. The van der Waals surface area contributed by atoms with Crippen molar-refractivity contribution < 1.29 is 19.2 Å². The Morgan fingerprint density at radius 3 is 2.45 bits per heavy atom. The van der Waals surface area contributed by atoms with Gasteiger partial charge in [0.25, 0.3) is 5.69 Å². The molecule has 0 N–H and O–H groups in total. The van der Waals surface area contributed by atoms with Crippen molar-refractivity contribution in [1.82, 2.24) is 4.90 Å². The Bertz CT molecular complexity index is 597. The lowest BCUT2D eigenvalue weighted by atomic mass is 10.1. The van der Waals surface area contributed by atoms with E-state index in [1.807, 2.05) is 0 Å². The number of carbonyl (C=O) groups is 2. The van der Waals surface area contributed by atoms with Crippen molar-refractivity contribution in [2.24, 2.45) is 0 Å². The molecule has 1 atom stereocenters. The van der Waals surface area contributed by atoms with Crippen molar-refractivity contribution in [1.29, 1.82) is 0 Å². The monoisotopic (exact) mass is 328 g/mol. The molecule has 1 unspecified atom stereocenters. The maximum absolute atomic E-state index is 12.0. The van der Waals surface area contributed by atoms with Gasteiger partial charge < -0.3 is 9.53 Å². The minimum absolute atomic E-state index is 0.105. The van der Waals surface area contributed by atoms with Crippen LogP contribution in [0.5, 0.6) is 0 Å². The molecule has 1 aromatic carbocycles. The molecule has 8 heteroatoms. The molecule has 0 spiro atoms. The highest BCUT2D eigenvalue weighted by Gasteiger charge is 2.27. The van der Waals surface area contributed by atoms with Crippen molar-refractivity contribution in [3.05, 3.63) is 38.9 Å². The number of halogens is 1. The molecule has 0 aliphatic carbocycles. The number of amides is 1. The highest BCUT2D eigenvalue weighted by atomic mass is 35.5. The first-order valence-corrected chi connectivity index (χ1v) is 6.79. The summed E-state index contributed by atoms with van der Waals surface area (Å²) >= 11 is 5.82. The van der Waals surface area contributed by atoms with Crippen LogP contribution in [0.15, 0.2) is 18.2 Å². The number of hydrogen-bond acceptors (Lipinski definition) is 5. The van der Waals surface area contributed by atoms with Crippen LogP contribution >= 0.6 is 11.6 Å². The van der Waals surface area contributed by atoms with E-state index in [0.717, 1.165) is 4.90 Å². The van der Waals surface area contributed by atoms with Crippen molar-refractivity contribution in [2.45, 2.75) is 32.4 Å². The SMILES string of the molecule is CN(C(=O)OC(C)(C)C)C(C=O)c1ccc([N+](=O)[O-])c(Cl)c1. The van der Waals surface area contributed by atoms with Gasteiger partial charge in [-0.1, -0.05) is 11.6 Å². The molecule has 1 rings (SSSR count). The van der Waals surface area contributed by atoms with E-state index in [1.165, 1.54) is 25.2 Å². The van der Waals surface area contributed by atoms with Crippen molar-refractivity contribution >= 4 is 29.7 Å². The predicted molar refractivity (Wildman–Crippen MR) is 80.9 cm³/mol. The van der Waals surface area contributed by atoms with Gasteiger partial charge >= 0.3 is 6.09 Å². The molecule has 0 saturated carbocycles. The molecule has 0 bridgehead atoms. The van der Waals surface area contributed by atoms with Gasteiger partial charge in [-0.2, -0.15) is 0 Å². The Labute approximate surface area is 133 Å². The normalized spacial score (nSPS) is 12.4. The van der Waals surface area contributed by atoms with Crippen LogP contribution in [0, 0.1) is 10.1 Å². The molecule has 0 aliphatic rings. The molecule has 0 saturated heterocycles. The first kappa shape index (κ1) is 17.9. The van der Waals surface area contributed by atoms with Gasteiger partial charge in [0, 0.05) is 13.1 Å². The Morgan fingerprint density at radius 1 is 1.45 bits per heavy atom. The lowest BCUT2D eigenvalue weighted by Gasteiger charge is -2.28. The summed E-state index contributed by atoms with van der Waals surface area (Å²) in [4.78, 5) is 34.5. The average Bonchev–Trinajstić information content (AvgIpc) is 2.37. The second-order valence-electron chi connectivity index (χ2n) is 5.64. The molecule has 120 valence electrons. The van der Waals surface area contributed by atoms with Crippen LogP contribution in [-0.2, 0) is 9.53 Å². The first-order chi connectivity index (χ1) is 10.1. The Hall–Kier alpha value is -2.15. The highest BCUT2D eigenvalue weighted by molar-refractivity contribution is 6.32. The molecule has 1 aromatic rings. The number of nitro groups is 1. The van der Waals surface area contributed by atoms with E-state index in [2.05, 4.69) is 0 Å². The summed E-state index contributed by atoms with van der Waals surface area (Å²) in [5.74, 6) is 0. The third kappa shape index (κ3) is 4.42. The summed E-state index contributed by atoms with van der Waals surface area (Å²) in [6, 6.07) is 2.91. The Morgan fingerprint density at radius 2 is 2.05 bits per heavy atom. The van der Waals surface area contributed by atoms with Crippen LogP contribution in [0.3, 0.4) is 0 Å². The van der Waals surface area contributed by atoms with E-state index in [-0.39, 0.29) is 10.7 Å². The second-order valence-corrected chi connectivity index (χ2v) is 6.05. The second kappa shape index (κ2) is 6.74. The van der Waals surface area contributed by atoms with Gasteiger partial charge in [-0.3, -0.25) is 15.0 Å². The van der Waals surface area contributed by atoms with E-state index >= 15 is 0 Å². The van der Waals surface area contributed by atoms with Crippen LogP contribution < -0.4 is 0 Å². The van der Waals surface area contributed by atoms with Gasteiger partial charge in [0.2, 0.25) is 0 Å². The van der Waals surface area contributed by atoms with Crippen molar-refractivity contribution in [3.63, 3.8) is 0 Å². The van der Waals surface area contributed by atoms with Gasteiger partial charge in [0.15, 0.2) is 0 Å². The van der Waals surface area contributed by atoms with Crippen molar-refractivity contribution in [2.75, 3.05) is 7.05 Å². The fourth-order valence-corrected chi connectivity index (χ4v) is 1.95. The fourth-order valence-electron chi connectivity index (χ4n) is 1.70.